The molecular formula is C24H19NO4. The maximum atomic E-state index is 11.6. The number of nitrogens with one attached hydrogen (secondary N) is 1. The van der Waals surface area contributed by atoms with Crippen molar-refractivity contribution in [2.45, 2.75) is 18.4 Å². The van der Waals surface area contributed by atoms with E-state index in [1.807, 2.05) is 18.2 Å². The third-order valence-corrected chi connectivity index (χ3v) is 6.40. The van der Waals surface area contributed by atoms with E-state index in [1.54, 1.807) is 6.07 Å². The number of fused-ring (bicyclic) bond motifs is 6. The van der Waals surface area contributed by atoms with Gasteiger partial charge in [0.25, 0.3) is 0 Å². The van der Waals surface area contributed by atoms with Crippen molar-refractivity contribution in [3.05, 3.63) is 88.5 Å². The smallest absolute Gasteiger partial charge is 0.335 e. The van der Waals surface area contributed by atoms with E-state index in [9.17, 15) is 9.90 Å². The molecule has 5 nitrogen and oxygen atoms in total. The molecule has 5 heteroatoms. The van der Waals surface area contributed by atoms with E-state index < -0.39 is 5.97 Å². The lowest BCUT2D eigenvalue weighted by Gasteiger charge is -2.38. The number of ether oxygens (including phenoxy) is 2. The predicted molar refractivity (Wildman–Crippen MR) is 108 cm³/mol. The molecule has 0 saturated carbocycles. The first-order valence-corrected chi connectivity index (χ1v) is 9.80. The third kappa shape index (κ3) is 2.43. The molecule has 1 aliphatic carbocycles. The van der Waals surface area contributed by atoms with Crippen LogP contribution in [0, 0.1) is 5.92 Å². The van der Waals surface area contributed by atoms with E-state index >= 15 is 0 Å². The molecular weight excluding hydrogens is 366 g/mol. The van der Waals surface area contributed by atoms with Crippen molar-refractivity contribution < 1.29 is 19.4 Å². The van der Waals surface area contributed by atoms with Crippen LogP contribution in [0.25, 0.3) is 0 Å². The highest BCUT2D eigenvalue weighted by Gasteiger charge is 2.43. The van der Waals surface area contributed by atoms with Gasteiger partial charge in [-0.3, -0.25) is 0 Å². The molecule has 2 aliphatic heterocycles. The molecule has 6 rings (SSSR count). The van der Waals surface area contributed by atoms with Crippen LogP contribution in [0.4, 0.5) is 5.69 Å². The van der Waals surface area contributed by atoms with E-state index in [4.69, 9.17) is 9.47 Å². The zero-order valence-electron chi connectivity index (χ0n) is 15.6. The first-order valence-electron chi connectivity index (χ1n) is 9.80. The molecule has 0 aromatic heterocycles. The predicted octanol–water partition coefficient (Wildman–Crippen LogP) is 4.58. The Morgan fingerprint density at radius 1 is 0.966 bits per heavy atom. The van der Waals surface area contributed by atoms with Gasteiger partial charge in [-0.2, -0.15) is 0 Å². The van der Waals surface area contributed by atoms with Crippen molar-refractivity contribution in [2.75, 3.05) is 12.1 Å². The normalized spacial score (nSPS) is 23.0. The highest BCUT2D eigenvalue weighted by Crippen LogP contribution is 2.54. The number of rotatable bonds is 2. The van der Waals surface area contributed by atoms with Gasteiger partial charge in [0.1, 0.15) is 0 Å². The zero-order chi connectivity index (χ0) is 19.5. The number of carboxylic acid groups (broad SMARTS) is 1. The summed E-state index contributed by atoms with van der Waals surface area (Å²) in [4.78, 5) is 11.6. The Balaban J connectivity index is 1.51. The van der Waals surface area contributed by atoms with Crippen LogP contribution < -0.4 is 14.8 Å². The van der Waals surface area contributed by atoms with Crippen molar-refractivity contribution in [1.82, 2.24) is 0 Å². The van der Waals surface area contributed by atoms with E-state index in [2.05, 4.69) is 41.7 Å². The maximum absolute atomic E-state index is 11.6. The molecule has 3 aromatic carbocycles. The Morgan fingerprint density at radius 2 is 1.83 bits per heavy atom. The fourth-order valence-electron chi connectivity index (χ4n) is 5.13. The molecule has 2 N–H and O–H groups in total. The largest absolute Gasteiger partial charge is 0.478 e. The van der Waals surface area contributed by atoms with Crippen LogP contribution in [0.2, 0.25) is 0 Å². The van der Waals surface area contributed by atoms with Gasteiger partial charge in [0.15, 0.2) is 11.5 Å². The van der Waals surface area contributed by atoms with Crippen molar-refractivity contribution in [3.63, 3.8) is 0 Å². The average molecular weight is 385 g/mol. The van der Waals surface area contributed by atoms with E-state index in [1.165, 1.54) is 11.1 Å². The van der Waals surface area contributed by atoms with E-state index in [-0.39, 0.29) is 18.8 Å². The molecule has 0 radical (unpaired) electrons. The molecule has 0 amide bonds. The number of hydrogen-bond acceptors (Lipinski definition) is 4. The molecule has 29 heavy (non-hydrogen) atoms. The third-order valence-electron chi connectivity index (χ3n) is 6.40. The topological polar surface area (TPSA) is 67.8 Å². The first-order chi connectivity index (χ1) is 14.2. The summed E-state index contributed by atoms with van der Waals surface area (Å²) in [7, 11) is 0. The molecule has 0 spiro atoms. The second kappa shape index (κ2) is 6.01. The van der Waals surface area contributed by atoms with Gasteiger partial charge in [0.2, 0.25) is 6.79 Å². The van der Waals surface area contributed by atoms with Gasteiger partial charge in [-0.15, -0.1) is 0 Å². The van der Waals surface area contributed by atoms with Gasteiger partial charge >= 0.3 is 5.97 Å². The molecule has 144 valence electrons. The second-order valence-electron chi connectivity index (χ2n) is 7.89. The molecule has 0 bridgehead atoms. The number of hydrogen-bond donors (Lipinski definition) is 2. The van der Waals surface area contributed by atoms with Crippen LogP contribution in [-0.2, 0) is 6.42 Å². The van der Waals surface area contributed by atoms with Crippen LogP contribution >= 0.6 is 0 Å². The Morgan fingerprint density at radius 3 is 2.72 bits per heavy atom. The van der Waals surface area contributed by atoms with Crippen molar-refractivity contribution in [1.29, 1.82) is 0 Å². The summed E-state index contributed by atoms with van der Waals surface area (Å²) in [5.41, 5.74) is 6.19. The van der Waals surface area contributed by atoms with E-state index in [0.29, 0.717) is 11.5 Å². The van der Waals surface area contributed by atoms with Crippen molar-refractivity contribution in [3.8, 4) is 11.5 Å². The summed E-state index contributed by atoms with van der Waals surface area (Å²) in [6.07, 6.45) is 0.948. The maximum Gasteiger partial charge on any atom is 0.335 e. The minimum atomic E-state index is -0.895. The summed E-state index contributed by atoms with van der Waals surface area (Å²) in [5.74, 6) is 1.13. The SMILES string of the molecule is O=C(O)c1ccc2c(c1)[C@@H]1c3ccccc3C[C@@H]1[C@H](c1ccc3c(c1)OCO3)N2. The summed E-state index contributed by atoms with van der Waals surface area (Å²) in [6.45, 7) is 0.259. The Kier molecular flexibility index (Phi) is 3.42. The minimum Gasteiger partial charge on any atom is -0.478 e. The number of aromatic carboxylic acids is 1. The Bertz CT molecular complexity index is 1160. The fraction of sp³-hybridized carbons (Fsp3) is 0.208. The molecule has 0 fully saturated rings. The molecule has 3 aliphatic rings. The summed E-state index contributed by atoms with van der Waals surface area (Å²) in [6, 6.07) is 20.2. The summed E-state index contributed by atoms with van der Waals surface area (Å²) >= 11 is 0. The number of anilines is 1. The lowest BCUT2D eigenvalue weighted by Crippen LogP contribution is -2.30. The Labute approximate surface area is 167 Å². The van der Waals surface area contributed by atoms with Crippen LogP contribution in [0.1, 0.15) is 44.6 Å². The first kappa shape index (κ1) is 16.5. The summed E-state index contributed by atoms with van der Waals surface area (Å²) in [5, 5.41) is 13.2. The summed E-state index contributed by atoms with van der Waals surface area (Å²) < 4.78 is 11.1. The van der Waals surface area contributed by atoms with Crippen LogP contribution in [0.5, 0.6) is 11.5 Å². The molecule has 2 heterocycles. The quantitative estimate of drug-likeness (QED) is 0.676. The monoisotopic (exact) mass is 385 g/mol. The molecule has 3 atom stereocenters. The zero-order valence-corrected chi connectivity index (χ0v) is 15.6. The van der Waals surface area contributed by atoms with Gasteiger partial charge < -0.3 is 19.9 Å². The number of carbonyl (C=O) groups is 1. The van der Waals surface area contributed by atoms with Gasteiger partial charge in [-0.1, -0.05) is 30.3 Å². The molecule has 3 aromatic rings. The van der Waals surface area contributed by atoms with Gasteiger partial charge in [-0.05, 0) is 64.9 Å². The van der Waals surface area contributed by atoms with Crippen LogP contribution in [-0.4, -0.2) is 17.9 Å². The Hall–Kier alpha value is -3.47. The molecule has 0 unspecified atom stereocenters. The minimum absolute atomic E-state index is 0.102. The number of benzene rings is 3. The fourth-order valence-corrected chi connectivity index (χ4v) is 5.13. The highest BCUT2D eigenvalue weighted by molar-refractivity contribution is 5.89. The lowest BCUT2D eigenvalue weighted by molar-refractivity contribution is 0.0696. The van der Waals surface area contributed by atoms with Crippen LogP contribution in [0.3, 0.4) is 0 Å². The van der Waals surface area contributed by atoms with Gasteiger partial charge in [0, 0.05) is 11.6 Å². The number of carboxylic acids is 1. The van der Waals surface area contributed by atoms with Crippen LogP contribution in [0.15, 0.2) is 60.7 Å². The highest BCUT2D eigenvalue weighted by atomic mass is 16.7. The van der Waals surface area contributed by atoms with Gasteiger partial charge in [0.05, 0.1) is 11.6 Å². The lowest BCUT2D eigenvalue weighted by atomic mass is 9.75. The van der Waals surface area contributed by atoms with Crippen molar-refractivity contribution >= 4 is 11.7 Å². The van der Waals surface area contributed by atoms with E-state index in [0.717, 1.165) is 34.7 Å². The standard InChI is InChI=1S/C24H19NO4/c26-24(27)15-5-7-19-17(10-15)22-16-4-2-1-3-13(16)9-18(22)23(25-19)14-6-8-20-21(11-14)29-12-28-20/h1-8,10-11,18,22-23,25H,9,12H2,(H,26,27)/t18-,22-,23-/m0/s1. The molecule has 0 saturated heterocycles. The van der Waals surface area contributed by atoms with Crippen molar-refractivity contribution in [2.24, 2.45) is 5.92 Å². The second-order valence-corrected chi connectivity index (χ2v) is 7.89. The van der Waals surface area contributed by atoms with Gasteiger partial charge in [-0.25, -0.2) is 4.79 Å². The average Bonchev–Trinajstić information content (AvgIpc) is 3.36.